The number of hydrogen-bond donors (Lipinski definition) is 0. The molecule has 2 aromatic carbocycles. The van der Waals surface area contributed by atoms with Crippen LogP contribution in [0.2, 0.25) is 0 Å². The number of fused-ring (bicyclic) bond motifs is 1. The Bertz CT molecular complexity index is 822. The van der Waals surface area contributed by atoms with E-state index in [9.17, 15) is 13.2 Å². The van der Waals surface area contributed by atoms with Crippen LogP contribution in [0.25, 0.3) is 11.0 Å². The largest absolute Gasteiger partial charge is 0.416 e. The van der Waals surface area contributed by atoms with E-state index < -0.39 is 11.7 Å². The average Bonchev–Trinajstić information content (AvgIpc) is 2.83. The minimum atomic E-state index is -4.35. The number of hydrogen-bond acceptors (Lipinski definition) is 2. The van der Waals surface area contributed by atoms with Crippen molar-refractivity contribution >= 4 is 16.7 Å². The van der Waals surface area contributed by atoms with E-state index in [1.165, 1.54) is 6.07 Å². The van der Waals surface area contributed by atoms with Crippen molar-refractivity contribution in [1.82, 2.24) is 9.55 Å². The van der Waals surface area contributed by atoms with Crippen LogP contribution in [0.4, 0.5) is 18.9 Å². The van der Waals surface area contributed by atoms with Gasteiger partial charge in [-0.25, -0.2) is 4.98 Å². The highest BCUT2D eigenvalue weighted by Crippen LogP contribution is 2.31. The van der Waals surface area contributed by atoms with Gasteiger partial charge in [0.2, 0.25) is 0 Å². The Hall–Kier alpha value is -2.50. The molecule has 0 fully saturated rings. The fourth-order valence-corrected chi connectivity index (χ4v) is 2.55. The number of alkyl halides is 3. The molecule has 0 aliphatic heterocycles. The Morgan fingerprint density at radius 1 is 1.09 bits per heavy atom. The Morgan fingerprint density at radius 3 is 2.43 bits per heavy atom. The Balaban J connectivity index is 1.94. The van der Waals surface area contributed by atoms with E-state index in [-0.39, 0.29) is 0 Å². The summed E-state index contributed by atoms with van der Waals surface area (Å²) in [7, 11) is 3.74. The third-order valence-corrected chi connectivity index (χ3v) is 3.88. The average molecular weight is 319 g/mol. The third-order valence-electron chi connectivity index (χ3n) is 3.88. The second kappa shape index (κ2) is 5.61. The quantitative estimate of drug-likeness (QED) is 0.720. The zero-order valence-electron chi connectivity index (χ0n) is 12.8. The first-order valence-corrected chi connectivity index (χ1v) is 7.15. The molecule has 0 amide bonds. The van der Waals surface area contributed by atoms with Crippen LogP contribution >= 0.6 is 0 Å². The lowest BCUT2D eigenvalue weighted by molar-refractivity contribution is -0.137. The molecule has 6 heteroatoms. The second-order valence-electron chi connectivity index (χ2n) is 5.48. The zero-order chi connectivity index (χ0) is 16.6. The van der Waals surface area contributed by atoms with Gasteiger partial charge >= 0.3 is 6.18 Å². The molecule has 0 bridgehead atoms. The van der Waals surface area contributed by atoms with E-state index in [4.69, 9.17) is 0 Å². The van der Waals surface area contributed by atoms with E-state index >= 15 is 0 Å². The molecular weight excluding hydrogens is 303 g/mol. The number of para-hydroxylation sites is 1. The molecular formula is C17H16F3N3. The van der Waals surface area contributed by atoms with Crippen LogP contribution in [0, 0.1) is 0 Å². The molecule has 0 saturated carbocycles. The number of aromatic nitrogens is 2. The first-order valence-electron chi connectivity index (χ1n) is 7.15. The van der Waals surface area contributed by atoms with Gasteiger partial charge in [0.1, 0.15) is 5.82 Å². The molecule has 3 rings (SSSR count). The highest BCUT2D eigenvalue weighted by atomic mass is 19.4. The van der Waals surface area contributed by atoms with Crippen LogP contribution in [-0.4, -0.2) is 16.6 Å². The van der Waals surface area contributed by atoms with Gasteiger partial charge in [0, 0.05) is 19.8 Å². The predicted octanol–water partition coefficient (Wildman–Crippen LogP) is 4.23. The standard InChI is InChI=1S/C17H16F3N3/c1-22(13-6-4-3-5-7-13)11-16-21-14-10-12(17(18,19)20)8-9-15(14)23(16)2/h3-10H,11H2,1-2H3. The maximum absolute atomic E-state index is 12.8. The van der Waals surface area contributed by atoms with Crippen LogP contribution in [0.3, 0.4) is 0 Å². The van der Waals surface area contributed by atoms with Gasteiger partial charge in [0.15, 0.2) is 0 Å². The number of nitrogens with zero attached hydrogens (tertiary/aromatic N) is 3. The van der Waals surface area contributed by atoms with Crippen molar-refractivity contribution in [2.45, 2.75) is 12.7 Å². The summed E-state index contributed by atoms with van der Waals surface area (Å²) in [6.45, 7) is 0.510. The van der Waals surface area contributed by atoms with E-state index in [0.717, 1.165) is 17.8 Å². The van der Waals surface area contributed by atoms with Crippen molar-refractivity contribution in [3.8, 4) is 0 Å². The molecule has 0 aliphatic carbocycles. The van der Waals surface area contributed by atoms with Gasteiger partial charge in [-0.2, -0.15) is 13.2 Å². The Morgan fingerprint density at radius 2 is 1.78 bits per heavy atom. The fraction of sp³-hybridized carbons (Fsp3) is 0.235. The van der Waals surface area contributed by atoms with Gasteiger partial charge in [-0.05, 0) is 30.3 Å². The highest BCUT2D eigenvalue weighted by molar-refractivity contribution is 5.77. The molecule has 23 heavy (non-hydrogen) atoms. The topological polar surface area (TPSA) is 21.1 Å². The normalized spacial score (nSPS) is 11.9. The molecule has 0 radical (unpaired) electrons. The molecule has 3 nitrogen and oxygen atoms in total. The number of aryl methyl sites for hydroxylation is 1. The zero-order valence-corrected chi connectivity index (χ0v) is 12.8. The van der Waals surface area contributed by atoms with Gasteiger partial charge in [-0.1, -0.05) is 18.2 Å². The molecule has 1 aromatic heterocycles. The van der Waals surface area contributed by atoms with Crippen LogP contribution in [0.1, 0.15) is 11.4 Å². The second-order valence-corrected chi connectivity index (χ2v) is 5.48. The van der Waals surface area contributed by atoms with E-state index in [1.807, 2.05) is 53.9 Å². The summed E-state index contributed by atoms with van der Waals surface area (Å²) in [5, 5.41) is 0. The summed E-state index contributed by atoms with van der Waals surface area (Å²) in [5.41, 5.74) is 1.40. The first kappa shape index (κ1) is 15.4. The molecule has 0 N–H and O–H groups in total. The van der Waals surface area contributed by atoms with Crippen molar-refractivity contribution in [2.75, 3.05) is 11.9 Å². The van der Waals surface area contributed by atoms with Gasteiger partial charge in [-0.3, -0.25) is 0 Å². The number of benzene rings is 2. The summed E-state index contributed by atoms with van der Waals surface area (Å²) in [4.78, 5) is 6.38. The summed E-state index contributed by atoms with van der Waals surface area (Å²) in [6.07, 6.45) is -4.35. The van der Waals surface area contributed by atoms with Crippen LogP contribution in [-0.2, 0) is 19.8 Å². The van der Waals surface area contributed by atoms with Gasteiger partial charge in [0.05, 0.1) is 23.1 Å². The van der Waals surface area contributed by atoms with Crippen molar-refractivity contribution in [3.05, 3.63) is 59.9 Å². The predicted molar refractivity (Wildman–Crippen MR) is 84.3 cm³/mol. The summed E-state index contributed by atoms with van der Waals surface area (Å²) < 4.78 is 40.3. The fourth-order valence-electron chi connectivity index (χ4n) is 2.55. The lowest BCUT2D eigenvalue weighted by Gasteiger charge is -2.18. The Labute approximate surface area is 132 Å². The molecule has 0 atom stereocenters. The molecule has 3 aromatic rings. The van der Waals surface area contributed by atoms with Gasteiger partial charge < -0.3 is 9.47 Å². The lowest BCUT2D eigenvalue weighted by Crippen LogP contribution is -2.18. The minimum absolute atomic E-state index is 0.360. The number of halogens is 3. The maximum atomic E-state index is 12.8. The van der Waals surface area contributed by atoms with Crippen molar-refractivity contribution < 1.29 is 13.2 Å². The SMILES string of the molecule is CN(Cc1nc2cc(C(F)(F)F)ccc2n1C)c1ccccc1. The summed E-state index contributed by atoms with van der Waals surface area (Å²) >= 11 is 0. The maximum Gasteiger partial charge on any atom is 0.416 e. The van der Waals surface area contributed by atoms with Gasteiger partial charge in [-0.15, -0.1) is 0 Å². The molecule has 120 valence electrons. The minimum Gasteiger partial charge on any atom is -0.367 e. The van der Waals surface area contributed by atoms with Gasteiger partial charge in [0.25, 0.3) is 0 Å². The molecule has 0 saturated heterocycles. The molecule has 0 unspecified atom stereocenters. The van der Waals surface area contributed by atoms with E-state index in [0.29, 0.717) is 23.4 Å². The van der Waals surface area contributed by atoms with Crippen molar-refractivity contribution in [2.24, 2.45) is 7.05 Å². The van der Waals surface area contributed by atoms with Crippen LogP contribution < -0.4 is 4.90 Å². The lowest BCUT2D eigenvalue weighted by atomic mass is 10.2. The summed E-state index contributed by atoms with van der Waals surface area (Å²) in [6, 6.07) is 13.4. The smallest absolute Gasteiger partial charge is 0.367 e. The van der Waals surface area contributed by atoms with Crippen molar-refractivity contribution in [1.29, 1.82) is 0 Å². The summed E-state index contributed by atoms with van der Waals surface area (Å²) in [5.74, 6) is 0.714. The molecule has 0 spiro atoms. The third kappa shape index (κ3) is 3.02. The Kier molecular flexibility index (Phi) is 3.75. The molecule has 0 aliphatic rings. The van der Waals surface area contributed by atoms with E-state index in [2.05, 4.69) is 4.98 Å². The monoisotopic (exact) mass is 319 g/mol. The first-order chi connectivity index (χ1) is 10.9. The van der Waals surface area contributed by atoms with Crippen LogP contribution in [0.15, 0.2) is 48.5 Å². The molecule has 1 heterocycles. The number of imidazole rings is 1. The van der Waals surface area contributed by atoms with Crippen molar-refractivity contribution in [3.63, 3.8) is 0 Å². The number of anilines is 1. The van der Waals surface area contributed by atoms with E-state index in [1.54, 1.807) is 0 Å². The highest BCUT2D eigenvalue weighted by Gasteiger charge is 2.31. The van der Waals surface area contributed by atoms with Crippen LogP contribution in [0.5, 0.6) is 0 Å². The number of rotatable bonds is 3.